The maximum absolute atomic E-state index is 11.3. The number of rotatable bonds is 4. The summed E-state index contributed by atoms with van der Waals surface area (Å²) in [5.41, 5.74) is 6.73. The Morgan fingerprint density at radius 1 is 1.67 bits per heavy atom. The van der Waals surface area contributed by atoms with Gasteiger partial charge in [-0.3, -0.25) is 9.78 Å². The number of nitrogens with zero attached hydrogens (tertiary/aromatic N) is 1. The van der Waals surface area contributed by atoms with Crippen LogP contribution in [0.5, 0.6) is 0 Å². The molecule has 5 heteroatoms. The molecular formula is C10H16N4O. The van der Waals surface area contributed by atoms with Crippen molar-refractivity contribution in [2.24, 2.45) is 5.73 Å². The van der Waals surface area contributed by atoms with Gasteiger partial charge in [-0.05, 0) is 19.1 Å². The number of amides is 1. The summed E-state index contributed by atoms with van der Waals surface area (Å²) in [6, 6.07) is 3.67. The number of aromatic nitrogens is 1. The molecule has 1 aromatic rings. The monoisotopic (exact) mass is 208 g/mol. The molecule has 0 saturated heterocycles. The van der Waals surface area contributed by atoms with Crippen LogP contribution < -0.4 is 16.4 Å². The normalized spacial score (nSPS) is 11.9. The second-order valence-electron chi connectivity index (χ2n) is 3.29. The highest BCUT2D eigenvalue weighted by Gasteiger charge is 2.06. The largest absolute Gasteiger partial charge is 0.381 e. The molecule has 82 valence electrons. The van der Waals surface area contributed by atoms with Gasteiger partial charge in [-0.15, -0.1) is 0 Å². The van der Waals surface area contributed by atoms with Crippen molar-refractivity contribution in [1.82, 2.24) is 10.3 Å². The Hall–Kier alpha value is -1.62. The lowest BCUT2D eigenvalue weighted by molar-refractivity contribution is 0.0958. The van der Waals surface area contributed by atoms with E-state index >= 15 is 0 Å². The lowest BCUT2D eigenvalue weighted by atomic mass is 10.2. The molecule has 5 nitrogen and oxygen atoms in total. The first kappa shape index (κ1) is 11.5. The van der Waals surface area contributed by atoms with E-state index in [9.17, 15) is 4.79 Å². The lowest BCUT2D eigenvalue weighted by Crippen LogP contribution is -2.25. The minimum Gasteiger partial charge on any atom is -0.381 e. The Morgan fingerprint density at radius 2 is 2.40 bits per heavy atom. The van der Waals surface area contributed by atoms with Gasteiger partial charge in [0.2, 0.25) is 0 Å². The minimum absolute atomic E-state index is 0.171. The molecule has 0 aliphatic rings. The summed E-state index contributed by atoms with van der Waals surface area (Å²) in [5.74, 6) is -0.195. The fourth-order valence-corrected chi connectivity index (χ4v) is 1.12. The van der Waals surface area contributed by atoms with Crippen LogP contribution in [-0.2, 0) is 0 Å². The average molecular weight is 208 g/mol. The van der Waals surface area contributed by atoms with E-state index in [1.807, 2.05) is 6.92 Å². The first-order chi connectivity index (χ1) is 7.17. The van der Waals surface area contributed by atoms with Crippen molar-refractivity contribution in [3.63, 3.8) is 0 Å². The van der Waals surface area contributed by atoms with Crippen molar-refractivity contribution in [2.75, 3.05) is 18.9 Å². The Balaban J connectivity index is 2.78. The summed E-state index contributed by atoms with van der Waals surface area (Å²) in [5, 5.41) is 5.69. The van der Waals surface area contributed by atoms with E-state index in [2.05, 4.69) is 15.6 Å². The molecule has 0 aromatic carbocycles. The number of hydrogen-bond acceptors (Lipinski definition) is 4. The predicted molar refractivity (Wildman–Crippen MR) is 59.8 cm³/mol. The molecule has 4 N–H and O–H groups in total. The molecule has 1 amide bonds. The molecule has 1 aromatic heterocycles. The van der Waals surface area contributed by atoms with E-state index in [1.54, 1.807) is 25.4 Å². The first-order valence-electron chi connectivity index (χ1n) is 4.82. The third-order valence-electron chi connectivity index (χ3n) is 1.99. The van der Waals surface area contributed by atoms with Gasteiger partial charge in [-0.1, -0.05) is 0 Å². The Labute approximate surface area is 89.1 Å². The SMILES string of the molecule is CNC(=O)c1cc(NC(C)CN)ccn1. The molecule has 1 unspecified atom stereocenters. The summed E-state index contributed by atoms with van der Waals surface area (Å²) >= 11 is 0. The number of anilines is 1. The molecule has 0 aliphatic carbocycles. The molecule has 0 spiro atoms. The van der Waals surface area contributed by atoms with Crippen LogP contribution in [-0.4, -0.2) is 30.5 Å². The van der Waals surface area contributed by atoms with Crippen LogP contribution >= 0.6 is 0 Å². The highest BCUT2D eigenvalue weighted by Crippen LogP contribution is 2.08. The van der Waals surface area contributed by atoms with E-state index in [0.717, 1.165) is 5.69 Å². The van der Waals surface area contributed by atoms with Gasteiger partial charge in [0.25, 0.3) is 5.91 Å². The summed E-state index contributed by atoms with van der Waals surface area (Å²) < 4.78 is 0. The Kier molecular flexibility index (Phi) is 4.05. The molecule has 1 heterocycles. The van der Waals surface area contributed by atoms with Crippen LogP contribution in [0.25, 0.3) is 0 Å². The van der Waals surface area contributed by atoms with Crippen molar-refractivity contribution < 1.29 is 4.79 Å². The van der Waals surface area contributed by atoms with Gasteiger partial charge >= 0.3 is 0 Å². The van der Waals surface area contributed by atoms with Crippen LogP contribution in [0, 0.1) is 0 Å². The van der Waals surface area contributed by atoms with Crippen molar-refractivity contribution in [3.05, 3.63) is 24.0 Å². The van der Waals surface area contributed by atoms with Crippen LogP contribution in [0.3, 0.4) is 0 Å². The number of pyridine rings is 1. The first-order valence-corrected chi connectivity index (χ1v) is 4.82. The van der Waals surface area contributed by atoms with Crippen LogP contribution in [0.2, 0.25) is 0 Å². The smallest absolute Gasteiger partial charge is 0.269 e. The highest BCUT2D eigenvalue weighted by atomic mass is 16.1. The second kappa shape index (κ2) is 5.31. The molecule has 0 saturated carbocycles. The van der Waals surface area contributed by atoms with Gasteiger partial charge in [-0.25, -0.2) is 0 Å². The maximum atomic E-state index is 11.3. The molecule has 0 aliphatic heterocycles. The number of hydrogen-bond donors (Lipinski definition) is 3. The van der Waals surface area contributed by atoms with Crippen molar-refractivity contribution in [1.29, 1.82) is 0 Å². The van der Waals surface area contributed by atoms with Crippen molar-refractivity contribution >= 4 is 11.6 Å². The van der Waals surface area contributed by atoms with Gasteiger partial charge in [0, 0.05) is 31.5 Å². The topological polar surface area (TPSA) is 80.0 Å². The molecular weight excluding hydrogens is 192 g/mol. The van der Waals surface area contributed by atoms with Gasteiger partial charge in [0.1, 0.15) is 5.69 Å². The second-order valence-corrected chi connectivity index (χ2v) is 3.29. The number of nitrogens with two attached hydrogens (primary N) is 1. The number of nitrogens with one attached hydrogen (secondary N) is 2. The van der Waals surface area contributed by atoms with E-state index in [1.165, 1.54) is 0 Å². The standard InChI is InChI=1S/C10H16N4O/c1-7(6-11)14-8-3-4-13-9(5-8)10(15)12-2/h3-5,7H,6,11H2,1-2H3,(H,12,15)(H,13,14). The van der Waals surface area contributed by atoms with E-state index in [4.69, 9.17) is 5.73 Å². The molecule has 0 fully saturated rings. The molecule has 1 atom stereocenters. The Bertz CT molecular complexity index is 340. The minimum atomic E-state index is -0.195. The van der Waals surface area contributed by atoms with Crippen LogP contribution in [0.4, 0.5) is 5.69 Å². The number of carbonyl (C=O) groups excluding carboxylic acids is 1. The Morgan fingerprint density at radius 3 is 3.00 bits per heavy atom. The summed E-state index contributed by atoms with van der Waals surface area (Å²) in [6.45, 7) is 2.51. The van der Waals surface area contributed by atoms with Gasteiger partial charge in [0.05, 0.1) is 0 Å². The van der Waals surface area contributed by atoms with Gasteiger partial charge < -0.3 is 16.4 Å². The molecule has 0 radical (unpaired) electrons. The highest BCUT2D eigenvalue weighted by molar-refractivity contribution is 5.92. The fourth-order valence-electron chi connectivity index (χ4n) is 1.12. The van der Waals surface area contributed by atoms with Crippen molar-refractivity contribution in [3.8, 4) is 0 Å². The average Bonchev–Trinajstić information content (AvgIpc) is 2.28. The van der Waals surface area contributed by atoms with Gasteiger partial charge in [-0.2, -0.15) is 0 Å². The van der Waals surface area contributed by atoms with E-state index in [-0.39, 0.29) is 11.9 Å². The zero-order valence-electron chi connectivity index (χ0n) is 8.95. The van der Waals surface area contributed by atoms with E-state index in [0.29, 0.717) is 12.2 Å². The lowest BCUT2D eigenvalue weighted by Gasteiger charge is -2.12. The summed E-state index contributed by atoms with van der Waals surface area (Å²) in [7, 11) is 1.58. The van der Waals surface area contributed by atoms with Crippen molar-refractivity contribution in [2.45, 2.75) is 13.0 Å². The summed E-state index contributed by atoms with van der Waals surface area (Å²) in [4.78, 5) is 15.3. The molecule has 0 bridgehead atoms. The van der Waals surface area contributed by atoms with E-state index < -0.39 is 0 Å². The molecule has 15 heavy (non-hydrogen) atoms. The molecule has 1 rings (SSSR count). The van der Waals surface area contributed by atoms with Crippen LogP contribution in [0.1, 0.15) is 17.4 Å². The van der Waals surface area contributed by atoms with Crippen LogP contribution in [0.15, 0.2) is 18.3 Å². The number of carbonyl (C=O) groups is 1. The quantitative estimate of drug-likeness (QED) is 0.660. The zero-order chi connectivity index (χ0) is 11.3. The summed E-state index contributed by atoms with van der Waals surface area (Å²) in [6.07, 6.45) is 1.59. The fraction of sp³-hybridized carbons (Fsp3) is 0.400. The predicted octanol–water partition coefficient (Wildman–Crippen LogP) is 0.200. The maximum Gasteiger partial charge on any atom is 0.269 e. The third kappa shape index (κ3) is 3.21. The van der Waals surface area contributed by atoms with Gasteiger partial charge in [0.15, 0.2) is 0 Å². The third-order valence-corrected chi connectivity index (χ3v) is 1.99. The zero-order valence-corrected chi connectivity index (χ0v) is 8.95.